The first-order chi connectivity index (χ1) is 9.47. The smallest absolute Gasteiger partial charge is 0.142 e. The van der Waals surface area contributed by atoms with E-state index >= 15 is 0 Å². The van der Waals surface area contributed by atoms with E-state index in [9.17, 15) is 10.2 Å². The summed E-state index contributed by atoms with van der Waals surface area (Å²) >= 11 is 7.33. The third-order valence-electron chi connectivity index (χ3n) is 2.83. The van der Waals surface area contributed by atoms with Gasteiger partial charge in [-0.05, 0) is 93.1 Å². The molecular formula is C14H12I2O2S2. The van der Waals surface area contributed by atoms with Crippen LogP contribution in [-0.2, 0) is 0 Å². The molecule has 0 unspecified atom stereocenters. The molecule has 0 aliphatic rings. The predicted molar refractivity (Wildman–Crippen MR) is 104 cm³/mol. The molecular weight excluding hydrogens is 518 g/mol. The molecule has 106 valence electrons. The van der Waals surface area contributed by atoms with Crippen molar-refractivity contribution in [3.05, 3.63) is 31.4 Å². The van der Waals surface area contributed by atoms with Crippen molar-refractivity contribution in [3.8, 4) is 22.6 Å². The minimum atomic E-state index is 0.334. The molecule has 6 heteroatoms. The molecule has 0 aliphatic carbocycles. The fourth-order valence-electron chi connectivity index (χ4n) is 1.79. The second-order valence-electron chi connectivity index (χ2n) is 4.02. The van der Waals surface area contributed by atoms with E-state index in [0.29, 0.717) is 11.5 Å². The van der Waals surface area contributed by atoms with Gasteiger partial charge in [0.05, 0.1) is 16.9 Å². The zero-order valence-electron chi connectivity index (χ0n) is 10.8. The van der Waals surface area contributed by atoms with Gasteiger partial charge in [0, 0.05) is 0 Å². The van der Waals surface area contributed by atoms with Crippen LogP contribution in [0.1, 0.15) is 0 Å². The van der Waals surface area contributed by atoms with Crippen molar-refractivity contribution < 1.29 is 10.2 Å². The van der Waals surface area contributed by atoms with Gasteiger partial charge in [-0.25, -0.2) is 0 Å². The summed E-state index contributed by atoms with van der Waals surface area (Å²) in [5, 5.41) is 20.0. The van der Waals surface area contributed by atoms with E-state index in [4.69, 9.17) is 0 Å². The first-order valence-corrected chi connectivity index (χ1v) is 10.2. The van der Waals surface area contributed by atoms with Crippen molar-refractivity contribution in [3.63, 3.8) is 0 Å². The van der Waals surface area contributed by atoms with Gasteiger partial charge in [0.25, 0.3) is 0 Å². The van der Waals surface area contributed by atoms with Gasteiger partial charge in [-0.2, -0.15) is 0 Å². The molecule has 2 aromatic carbocycles. The molecule has 0 saturated heterocycles. The van der Waals surface area contributed by atoms with E-state index in [2.05, 4.69) is 45.2 Å². The molecule has 20 heavy (non-hydrogen) atoms. The molecule has 0 aromatic heterocycles. The zero-order valence-corrected chi connectivity index (χ0v) is 16.7. The van der Waals surface area contributed by atoms with Crippen molar-refractivity contribution in [2.24, 2.45) is 0 Å². The number of halogens is 2. The van der Waals surface area contributed by atoms with Crippen molar-refractivity contribution in [1.29, 1.82) is 0 Å². The van der Waals surface area contributed by atoms with Crippen LogP contribution >= 0.6 is 68.7 Å². The zero-order chi connectivity index (χ0) is 14.9. The van der Waals surface area contributed by atoms with Gasteiger partial charge >= 0.3 is 0 Å². The quantitative estimate of drug-likeness (QED) is 0.411. The van der Waals surface area contributed by atoms with Crippen molar-refractivity contribution in [2.75, 3.05) is 12.5 Å². The average Bonchev–Trinajstić information content (AvgIpc) is 2.44. The van der Waals surface area contributed by atoms with Gasteiger partial charge in [0.15, 0.2) is 0 Å². The van der Waals surface area contributed by atoms with E-state index < -0.39 is 0 Å². The molecule has 0 aliphatic heterocycles. The van der Waals surface area contributed by atoms with E-state index in [1.54, 1.807) is 0 Å². The Bertz CT molecular complexity index is 603. The Morgan fingerprint density at radius 3 is 1.40 bits per heavy atom. The van der Waals surface area contributed by atoms with Gasteiger partial charge in [0.2, 0.25) is 0 Å². The largest absolute Gasteiger partial charge is 0.506 e. The molecule has 0 amide bonds. The molecule has 0 saturated carbocycles. The summed E-state index contributed by atoms with van der Waals surface area (Å²) in [5.74, 6) is 0.667. The lowest BCUT2D eigenvalue weighted by molar-refractivity contribution is 0.457. The van der Waals surface area contributed by atoms with Crippen molar-refractivity contribution in [2.45, 2.75) is 9.79 Å². The van der Waals surface area contributed by atoms with Crippen molar-refractivity contribution in [1.82, 2.24) is 0 Å². The summed E-state index contributed by atoms with van der Waals surface area (Å²) in [6.45, 7) is 0. The molecule has 0 radical (unpaired) electrons. The number of thioether (sulfide) groups is 2. The highest BCUT2D eigenvalue weighted by molar-refractivity contribution is 14.1. The lowest BCUT2D eigenvalue weighted by atomic mass is 10.1. The van der Waals surface area contributed by atoms with Crippen LogP contribution in [0.4, 0.5) is 0 Å². The third-order valence-corrected chi connectivity index (χ3v) is 5.98. The molecule has 0 fully saturated rings. The summed E-state index contributed by atoms with van der Waals surface area (Å²) in [5.41, 5.74) is 2.09. The molecule has 2 nitrogen and oxygen atoms in total. The SMILES string of the molecule is CSc1cc(-c2cc(I)c(O)c(SC)c2)cc(I)c1O. The summed E-state index contributed by atoms with van der Waals surface area (Å²) < 4.78 is 1.66. The lowest BCUT2D eigenvalue weighted by Crippen LogP contribution is -1.87. The fourth-order valence-corrected chi connectivity index (χ4v) is 4.51. The second kappa shape index (κ2) is 6.97. The van der Waals surface area contributed by atoms with Gasteiger partial charge < -0.3 is 10.2 Å². The second-order valence-corrected chi connectivity index (χ2v) is 8.04. The number of aromatic hydroxyl groups is 2. The minimum Gasteiger partial charge on any atom is -0.506 e. The van der Waals surface area contributed by atoms with Gasteiger partial charge in [-0.15, -0.1) is 23.5 Å². The summed E-state index contributed by atoms with van der Waals surface area (Å²) in [6, 6.07) is 7.88. The number of benzene rings is 2. The monoisotopic (exact) mass is 530 g/mol. The Kier molecular flexibility index (Phi) is 5.78. The van der Waals surface area contributed by atoms with E-state index in [1.807, 2.05) is 36.8 Å². The maximum Gasteiger partial charge on any atom is 0.142 e. The van der Waals surface area contributed by atoms with Crippen LogP contribution in [0.15, 0.2) is 34.1 Å². The van der Waals surface area contributed by atoms with Crippen molar-refractivity contribution >= 4 is 68.7 Å². The first-order valence-electron chi connectivity index (χ1n) is 5.61. The van der Waals surface area contributed by atoms with E-state index in [-0.39, 0.29) is 0 Å². The standard InChI is InChI=1S/C14H12I2O2S2/c1-19-11-5-7(3-9(15)13(11)17)8-4-10(16)14(18)12(6-8)20-2/h3-6,17-18H,1-2H3. The average molecular weight is 530 g/mol. The fraction of sp³-hybridized carbons (Fsp3) is 0.143. The summed E-state index contributed by atoms with van der Waals surface area (Å²) in [6.07, 6.45) is 3.89. The molecule has 0 spiro atoms. The Labute approximate surface area is 154 Å². The van der Waals surface area contributed by atoms with Gasteiger partial charge in [0.1, 0.15) is 11.5 Å². The third kappa shape index (κ3) is 3.33. The molecule has 0 heterocycles. The normalized spacial score (nSPS) is 10.8. The molecule has 0 atom stereocenters. The van der Waals surface area contributed by atoms with Crippen LogP contribution in [0, 0.1) is 7.14 Å². The van der Waals surface area contributed by atoms with Crippen LogP contribution in [0.2, 0.25) is 0 Å². The predicted octanol–water partition coefficient (Wildman–Crippen LogP) is 5.42. The van der Waals surface area contributed by atoms with Gasteiger partial charge in [-0.1, -0.05) is 0 Å². The Balaban J connectivity index is 2.62. The van der Waals surface area contributed by atoms with Crippen LogP contribution in [0.3, 0.4) is 0 Å². The number of phenolic OH excluding ortho intramolecular Hbond substituents is 2. The molecule has 2 aromatic rings. The van der Waals surface area contributed by atoms with Crippen LogP contribution in [-0.4, -0.2) is 22.7 Å². The highest BCUT2D eigenvalue weighted by Crippen LogP contribution is 2.39. The molecule has 0 bridgehead atoms. The Morgan fingerprint density at radius 1 is 0.750 bits per heavy atom. The highest BCUT2D eigenvalue weighted by atomic mass is 127. The lowest BCUT2D eigenvalue weighted by Gasteiger charge is -2.11. The van der Waals surface area contributed by atoms with Crippen LogP contribution in [0.5, 0.6) is 11.5 Å². The minimum absolute atomic E-state index is 0.334. The molecule has 2 N–H and O–H groups in total. The maximum absolute atomic E-state index is 9.99. The first kappa shape index (κ1) is 16.6. The Morgan fingerprint density at radius 2 is 1.10 bits per heavy atom. The Hall–Kier alpha value is 0.200. The van der Waals surface area contributed by atoms with Crippen LogP contribution < -0.4 is 0 Å². The van der Waals surface area contributed by atoms with Crippen LogP contribution in [0.25, 0.3) is 11.1 Å². The topological polar surface area (TPSA) is 40.5 Å². The highest BCUT2D eigenvalue weighted by Gasteiger charge is 2.12. The molecule has 2 rings (SSSR count). The van der Waals surface area contributed by atoms with Gasteiger partial charge in [-0.3, -0.25) is 0 Å². The summed E-state index contributed by atoms with van der Waals surface area (Å²) in [4.78, 5) is 1.72. The number of phenols is 2. The number of hydrogen-bond donors (Lipinski definition) is 2. The summed E-state index contributed by atoms with van der Waals surface area (Å²) in [7, 11) is 0. The van der Waals surface area contributed by atoms with E-state index in [0.717, 1.165) is 28.1 Å². The number of hydrogen-bond acceptors (Lipinski definition) is 4. The maximum atomic E-state index is 9.99. The van der Waals surface area contributed by atoms with E-state index in [1.165, 1.54) is 23.5 Å². The number of rotatable bonds is 3.